The summed E-state index contributed by atoms with van der Waals surface area (Å²) in [7, 11) is 3.43. The highest BCUT2D eigenvalue weighted by Gasteiger charge is 2.35. The molecule has 1 unspecified atom stereocenters. The van der Waals surface area contributed by atoms with Crippen LogP contribution in [-0.4, -0.2) is 58.2 Å². The first kappa shape index (κ1) is 17.0. The summed E-state index contributed by atoms with van der Waals surface area (Å²) in [5.41, 5.74) is 1.77. The van der Waals surface area contributed by atoms with Crippen molar-refractivity contribution in [3.8, 4) is 0 Å². The van der Waals surface area contributed by atoms with Gasteiger partial charge in [-0.3, -0.25) is 9.48 Å². The van der Waals surface area contributed by atoms with Gasteiger partial charge in [0.05, 0.1) is 18.4 Å². The number of likely N-dealkylation sites (tertiary alicyclic amines) is 1. The number of carbonyl (C=O) groups is 2. The van der Waals surface area contributed by atoms with Crippen LogP contribution in [0.3, 0.4) is 0 Å². The molecule has 7 nitrogen and oxygen atoms in total. The van der Waals surface area contributed by atoms with Crippen LogP contribution in [0.15, 0.2) is 42.7 Å². The minimum Gasteiger partial charge on any atom is -0.347 e. The van der Waals surface area contributed by atoms with Gasteiger partial charge >= 0.3 is 6.03 Å². The molecular formula is C18H23N5O2. The van der Waals surface area contributed by atoms with E-state index in [4.69, 9.17) is 0 Å². The average molecular weight is 341 g/mol. The average Bonchev–Trinajstić information content (AvgIpc) is 3.24. The fraction of sp³-hybridized carbons (Fsp3) is 0.389. The largest absolute Gasteiger partial charge is 0.347 e. The number of urea groups is 1. The van der Waals surface area contributed by atoms with Crippen LogP contribution in [0, 0.1) is 0 Å². The second-order valence-electron chi connectivity index (χ2n) is 6.43. The lowest BCUT2D eigenvalue weighted by Crippen LogP contribution is -2.47. The number of likely N-dealkylation sites (N-methyl/N-ethyl adjacent to an activating group) is 1. The number of anilines is 1. The molecule has 1 aliphatic rings. The van der Waals surface area contributed by atoms with E-state index in [1.807, 2.05) is 30.3 Å². The standard InChI is InChI=1S/C18H23N5O2/c1-21(2)17(24)16-9-6-10-23(16)18(25)20-15-11-19-22(13-15)12-14-7-4-3-5-8-14/h3-5,7-8,11,13,16H,6,9-10,12H2,1-2H3,(H,20,25). The summed E-state index contributed by atoms with van der Waals surface area (Å²) in [5, 5.41) is 7.13. The van der Waals surface area contributed by atoms with Gasteiger partial charge in [0.15, 0.2) is 0 Å². The van der Waals surface area contributed by atoms with Crippen LogP contribution in [0.5, 0.6) is 0 Å². The first-order valence-corrected chi connectivity index (χ1v) is 8.40. The highest BCUT2D eigenvalue weighted by molar-refractivity contribution is 5.93. The molecule has 0 bridgehead atoms. The van der Waals surface area contributed by atoms with Crippen LogP contribution in [0.1, 0.15) is 18.4 Å². The van der Waals surface area contributed by atoms with Gasteiger partial charge in [0, 0.05) is 26.8 Å². The Morgan fingerprint density at radius 3 is 2.76 bits per heavy atom. The summed E-state index contributed by atoms with van der Waals surface area (Å²) in [6.07, 6.45) is 4.96. The fourth-order valence-corrected chi connectivity index (χ4v) is 3.04. The minimum atomic E-state index is -0.380. The van der Waals surface area contributed by atoms with Crippen LogP contribution in [-0.2, 0) is 11.3 Å². The molecule has 1 fully saturated rings. The second-order valence-corrected chi connectivity index (χ2v) is 6.43. The third-order valence-corrected chi connectivity index (χ3v) is 4.31. The molecule has 0 saturated carbocycles. The monoisotopic (exact) mass is 341 g/mol. The Hall–Kier alpha value is -2.83. The lowest BCUT2D eigenvalue weighted by molar-refractivity contribution is -0.132. The summed E-state index contributed by atoms with van der Waals surface area (Å²) in [6, 6.07) is 9.36. The lowest BCUT2D eigenvalue weighted by atomic mass is 10.2. The zero-order chi connectivity index (χ0) is 17.8. The maximum absolute atomic E-state index is 12.5. The number of hydrogen-bond donors (Lipinski definition) is 1. The molecule has 0 spiro atoms. The van der Waals surface area contributed by atoms with E-state index >= 15 is 0 Å². The van der Waals surface area contributed by atoms with Crippen LogP contribution < -0.4 is 5.32 Å². The van der Waals surface area contributed by atoms with Crippen LogP contribution in [0.4, 0.5) is 10.5 Å². The van der Waals surface area contributed by atoms with Crippen molar-refractivity contribution in [3.05, 3.63) is 48.3 Å². The summed E-state index contributed by atoms with van der Waals surface area (Å²) in [5.74, 6) is -0.0348. The van der Waals surface area contributed by atoms with Gasteiger partial charge in [-0.1, -0.05) is 30.3 Å². The van der Waals surface area contributed by atoms with Crippen molar-refractivity contribution < 1.29 is 9.59 Å². The van der Waals surface area contributed by atoms with Crippen molar-refractivity contribution in [2.45, 2.75) is 25.4 Å². The van der Waals surface area contributed by atoms with Crippen molar-refractivity contribution in [1.29, 1.82) is 0 Å². The maximum Gasteiger partial charge on any atom is 0.322 e. The third-order valence-electron chi connectivity index (χ3n) is 4.31. The van der Waals surface area contributed by atoms with Crippen molar-refractivity contribution >= 4 is 17.6 Å². The molecular weight excluding hydrogens is 318 g/mol. The van der Waals surface area contributed by atoms with Gasteiger partial charge in [0.1, 0.15) is 6.04 Å². The highest BCUT2D eigenvalue weighted by Crippen LogP contribution is 2.20. The van der Waals surface area contributed by atoms with Crippen molar-refractivity contribution in [2.24, 2.45) is 0 Å². The van der Waals surface area contributed by atoms with E-state index in [0.717, 1.165) is 12.0 Å². The Kier molecular flexibility index (Phi) is 5.02. The molecule has 1 aromatic carbocycles. The van der Waals surface area contributed by atoms with E-state index in [0.29, 0.717) is 25.2 Å². The quantitative estimate of drug-likeness (QED) is 0.925. The number of rotatable bonds is 4. The van der Waals surface area contributed by atoms with Crippen molar-refractivity contribution in [3.63, 3.8) is 0 Å². The third kappa shape index (κ3) is 3.99. The van der Waals surface area contributed by atoms with E-state index in [1.54, 1.807) is 36.1 Å². The molecule has 132 valence electrons. The van der Waals surface area contributed by atoms with Crippen LogP contribution in [0.2, 0.25) is 0 Å². The van der Waals surface area contributed by atoms with E-state index in [1.165, 1.54) is 4.90 Å². The second kappa shape index (κ2) is 7.38. The van der Waals surface area contributed by atoms with Gasteiger partial charge in [-0.05, 0) is 18.4 Å². The zero-order valence-corrected chi connectivity index (χ0v) is 14.6. The Morgan fingerprint density at radius 1 is 1.28 bits per heavy atom. The number of hydrogen-bond acceptors (Lipinski definition) is 3. The van der Waals surface area contributed by atoms with Gasteiger partial charge in [-0.2, -0.15) is 5.10 Å². The van der Waals surface area contributed by atoms with Gasteiger partial charge in [0.25, 0.3) is 0 Å². The summed E-state index contributed by atoms with van der Waals surface area (Å²) >= 11 is 0. The SMILES string of the molecule is CN(C)C(=O)C1CCCN1C(=O)Nc1cnn(Cc2ccccc2)c1. The zero-order valence-electron chi connectivity index (χ0n) is 14.6. The summed E-state index contributed by atoms with van der Waals surface area (Å²) in [6.45, 7) is 1.23. The minimum absolute atomic E-state index is 0.0348. The fourth-order valence-electron chi connectivity index (χ4n) is 3.04. The molecule has 7 heteroatoms. The highest BCUT2D eigenvalue weighted by atomic mass is 16.2. The number of nitrogens with one attached hydrogen (secondary N) is 1. The van der Waals surface area contributed by atoms with E-state index in [9.17, 15) is 9.59 Å². The van der Waals surface area contributed by atoms with Crippen LogP contribution in [0.25, 0.3) is 0 Å². The molecule has 1 atom stereocenters. The Balaban J connectivity index is 1.62. The van der Waals surface area contributed by atoms with Crippen LogP contribution >= 0.6 is 0 Å². The maximum atomic E-state index is 12.5. The molecule has 0 radical (unpaired) electrons. The Morgan fingerprint density at radius 2 is 2.04 bits per heavy atom. The molecule has 2 heterocycles. The van der Waals surface area contributed by atoms with Gasteiger partial charge < -0.3 is 15.1 Å². The first-order chi connectivity index (χ1) is 12.0. The molecule has 3 rings (SSSR count). The molecule has 1 saturated heterocycles. The predicted molar refractivity (Wildman–Crippen MR) is 95.2 cm³/mol. The smallest absolute Gasteiger partial charge is 0.322 e. The number of benzene rings is 1. The summed E-state index contributed by atoms with van der Waals surface area (Å²) in [4.78, 5) is 27.9. The predicted octanol–water partition coefficient (Wildman–Crippen LogP) is 2.02. The van der Waals surface area contributed by atoms with E-state index < -0.39 is 0 Å². The van der Waals surface area contributed by atoms with Gasteiger partial charge in [0.2, 0.25) is 5.91 Å². The molecule has 1 N–H and O–H groups in total. The lowest BCUT2D eigenvalue weighted by Gasteiger charge is -2.26. The Bertz CT molecular complexity index is 741. The van der Waals surface area contributed by atoms with Crippen molar-refractivity contribution in [1.82, 2.24) is 19.6 Å². The molecule has 0 aliphatic carbocycles. The topological polar surface area (TPSA) is 70.5 Å². The number of nitrogens with zero attached hydrogens (tertiary/aromatic N) is 4. The number of amides is 3. The molecule has 1 aromatic heterocycles. The normalized spacial score (nSPS) is 16.7. The summed E-state index contributed by atoms with van der Waals surface area (Å²) < 4.78 is 1.78. The van der Waals surface area contributed by atoms with E-state index in [-0.39, 0.29) is 18.0 Å². The molecule has 1 aliphatic heterocycles. The van der Waals surface area contributed by atoms with Gasteiger partial charge in [-0.15, -0.1) is 0 Å². The molecule has 3 amide bonds. The molecule has 25 heavy (non-hydrogen) atoms. The number of aromatic nitrogens is 2. The van der Waals surface area contributed by atoms with E-state index in [2.05, 4.69) is 10.4 Å². The number of carbonyl (C=O) groups excluding carboxylic acids is 2. The first-order valence-electron chi connectivity index (χ1n) is 8.40. The Labute approximate surface area is 147 Å². The van der Waals surface area contributed by atoms with Gasteiger partial charge in [-0.25, -0.2) is 4.79 Å². The molecule has 2 aromatic rings. The van der Waals surface area contributed by atoms with Crippen molar-refractivity contribution in [2.75, 3.05) is 26.0 Å².